The lowest BCUT2D eigenvalue weighted by atomic mass is 9.81. The summed E-state index contributed by atoms with van der Waals surface area (Å²) in [6.07, 6.45) is 2.61. The lowest BCUT2D eigenvalue weighted by molar-refractivity contribution is 0.268. The van der Waals surface area contributed by atoms with Gasteiger partial charge in [0, 0.05) is 17.4 Å². The summed E-state index contributed by atoms with van der Waals surface area (Å²) in [6, 6.07) is 12.2. The maximum atomic E-state index is 5.72. The summed E-state index contributed by atoms with van der Waals surface area (Å²) < 4.78 is 11.1. The zero-order chi connectivity index (χ0) is 11.0. The number of ether oxygens (including phenoxy) is 1. The van der Waals surface area contributed by atoms with E-state index in [2.05, 4.69) is 19.1 Å². The molecule has 0 radical (unpaired) electrons. The normalized spacial score (nSPS) is 22.8. The van der Waals surface area contributed by atoms with E-state index in [-0.39, 0.29) is 5.41 Å². The lowest BCUT2D eigenvalue weighted by Gasteiger charge is -2.21. The zero-order valence-electron chi connectivity index (χ0n) is 9.27. The molecule has 16 heavy (non-hydrogen) atoms. The number of fused-ring (bicyclic) bond motifs is 1. The van der Waals surface area contributed by atoms with Crippen LogP contribution < -0.4 is 4.74 Å². The number of hydrogen-bond donors (Lipinski definition) is 0. The molecule has 1 aromatic heterocycles. The van der Waals surface area contributed by atoms with Gasteiger partial charge in [-0.2, -0.15) is 0 Å². The van der Waals surface area contributed by atoms with Crippen molar-refractivity contribution in [1.82, 2.24) is 0 Å². The summed E-state index contributed by atoms with van der Waals surface area (Å²) in [5.41, 5.74) is 1.32. The first-order chi connectivity index (χ1) is 7.78. The Morgan fingerprint density at radius 3 is 2.88 bits per heavy atom. The summed E-state index contributed by atoms with van der Waals surface area (Å²) in [7, 11) is 0. The van der Waals surface area contributed by atoms with Crippen LogP contribution in [0.5, 0.6) is 5.75 Å². The molecular weight excluding hydrogens is 200 g/mol. The van der Waals surface area contributed by atoms with Crippen molar-refractivity contribution in [3.05, 3.63) is 54.0 Å². The van der Waals surface area contributed by atoms with Gasteiger partial charge in [-0.15, -0.1) is 0 Å². The van der Waals surface area contributed by atoms with Crippen molar-refractivity contribution >= 4 is 0 Å². The van der Waals surface area contributed by atoms with Crippen LogP contribution in [-0.4, -0.2) is 6.61 Å². The molecule has 0 bridgehead atoms. The Kier molecular flexibility index (Phi) is 2.03. The molecule has 0 saturated heterocycles. The summed E-state index contributed by atoms with van der Waals surface area (Å²) in [5.74, 6) is 2.03. The van der Waals surface area contributed by atoms with E-state index in [9.17, 15) is 0 Å². The second kappa shape index (κ2) is 3.41. The highest BCUT2D eigenvalue weighted by Gasteiger charge is 2.36. The summed E-state index contributed by atoms with van der Waals surface area (Å²) in [5, 5.41) is 0. The van der Waals surface area contributed by atoms with Crippen molar-refractivity contribution in [3.63, 3.8) is 0 Å². The average Bonchev–Trinajstić information content (AvgIpc) is 2.89. The number of para-hydroxylation sites is 1. The van der Waals surface area contributed by atoms with Crippen molar-refractivity contribution in [2.45, 2.75) is 18.8 Å². The van der Waals surface area contributed by atoms with E-state index in [4.69, 9.17) is 9.15 Å². The molecule has 1 atom stereocenters. The fourth-order valence-electron chi connectivity index (χ4n) is 2.35. The van der Waals surface area contributed by atoms with E-state index >= 15 is 0 Å². The molecule has 0 N–H and O–H groups in total. The van der Waals surface area contributed by atoms with Crippen molar-refractivity contribution < 1.29 is 9.15 Å². The molecule has 1 unspecified atom stereocenters. The van der Waals surface area contributed by atoms with Crippen LogP contribution in [0.25, 0.3) is 0 Å². The summed E-state index contributed by atoms with van der Waals surface area (Å²) in [6.45, 7) is 2.95. The molecule has 2 heterocycles. The molecule has 0 fully saturated rings. The van der Waals surface area contributed by atoms with Crippen molar-refractivity contribution in [3.8, 4) is 5.75 Å². The molecule has 0 aliphatic carbocycles. The van der Waals surface area contributed by atoms with Gasteiger partial charge in [-0.1, -0.05) is 25.1 Å². The highest BCUT2D eigenvalue weighted by Crippen LogP contribution is 2.40. The third kappa shape index (κ3) is 1.42. The zero-order valence-corrected chi connectivity index (χ0v) is 9.27. The number of rotatable bonds is 2. The molecule has 2 nitrogen and oxygen atoms in total. The van der Waals surface area contributed by atoms with E-state index in [1.807, 2.05) is 24.3 Å². The molecule has 3 rings (SSSR count). The molecule has 0 amide bonds. The van der Waals surface area contributed by atoms with Gasteiger partial charge < -0.3 is 9.15 Å². The average molecular weight is 214 g/mol. The highest BCUT2D eigenvalue weighted by atomic mass is 16.5. The van der Waals surface area contributed by atoms with Crippen LogP contribution >= 0.6 is 0 Å². The van der Waals surface area contributed by atoms with Gasteiger partial charge >= 0.3 is 0 Å². The fourth-order valence-corrected chi connectivity index (χ4v) is 2.35. The van der Waals surface area contributed by atoms with Crippen molar-refractivity contribution in [1.29, 1.82) is 0 Å². The Morgan fingerprint density at radius 1 is 1.19 bits per heavy atom. The van der Waals surface area contributed by atoms with Crippen LogP contribution in [0.4, 0.5) is 0 Å². The predicted octanol–water partition coefficient (Wildman–Crippen LogP) is 3.17. The van der Waals surface area contributed by atoms with E-state index in [0.29, 0.717) is 0 Å². The standard InChI is InChI=1S/C14H14O2/c1-14(9-11-5-4-8-15-11)10-16-13-7-3-2-6-12(13)14/h2-8H,9-10H2,1H3. The summed E-state index contributed by atoms with van der Waals surface area (Å²) in [4.78, 5) is 0. The monoisotopic (exact) mass is 214 g/mol. The van der Waals surface area contributed by atoms with Gasteiger partial charge in [0.2, 0.25) is 0 Å². The van der Waals surface area contributed by atoms with E-state index in [1.165, 1.54) is 5.56 Å². The molecular formula is C14H14O2. The largest absolute Gasteiger partial charge is 0.492 e. The predicted molar refractivity (Wildman–Crippen MR) is 61.7 cm³/mol. The Balaban J connectivity index is 1.95. The Bertz CT molecular complexity index is 487. The van der Waals surface area contributed by atoms with Crippen LogP contribution in [0.2, 0.25) is 0 Å². The number of hydrogen-bond acceptors (Lipinski definition) is 2. The van der Waals surface area contributed by atoms with Crippen LogP contribution in [-0.2, 0) is 11.8 Å². The minimum Gasteiger partial charge on any atom is -0.492 e. The molecule has 2 heteroatoms. The van der Waals surface area contributed by atoms with Crippen LogP contribution in [0.1, 0.15) is 18.2 Å². The number of furan rings is 1. The van der Waals surface area contributed by atoms with Crippen molar-refractivity contribution in [2.75, 3.05) is 6.61 Å². The lowest BCUT2D eigenvalue weighted by Crippen LogP contribution is -2.26. The van der Waals surface area contributed by atoms with Gasteiger partial charge in [0.25, 0.3) is 0 Å². The first kappa shape index (κ1) is 9.52. The third-order valence-electron chi connectivity index (χ3n) is 3.23. The molecule has 0 spiro atoms. The van der Waals surface area contributed by atoms with Crippen LogP contribution in [0.15, 0.2) is 47.1 Å². The van der Waals surface area contributed by atoms with Gasteiger partial charge in [0.15, 0.2) is 0 Å². The Hall–Kier alpha value is -1.70. The maximum absolute atomic E-state index is 5.72. The molecule has 1 aliphatic heterocycles. The maximum Gasteiger partial charge on any atom is 0.123 e. The second-order valence-electron chi connectivity index (χ2n) is 4.60. The topological polar surface area (TPSA) is 22.4 Å². The Labute approximate surface area is 94.9 Å². The van der Waals surface area contributed by atoms with Crippen molar-refractivity contribution in [2.24, 2.45) is 0 Å². The summed E-state index contributed by atoms with van der Waals surface area (Å²) >= 11 is 0. The van der Waals surface area contributed by atoms with Gasteiger partial charge in [-0.25, -0.2) is 0 Å². The minimum atomic E-state index is 0.0362. The Morgan fingerprint density at radius 2 is 2.06 bits per heavy atom. The van der Waals surface area contributed by atoms with Gasteiger partial charge in [0.1, 0.15) is 11.5 Å². The molecule has 2 aromatic rings. The molecule has 82 valence electrons. The SMILES string of the molecule is CC1(Cc2ccco2)COc2ccccc21. The molecule has 0 saturated carbocycles. The second-order valence-corrected chi connectivity index (χ2v) is 4.60. The number of benzene rings is 1. The minimum absolute atomic E-state index is 0.0362. The first-order valence-corrected chi connectivity index (χ1v) is 5.53. The van der Waals surface area contributed by atoms with E-state index < -0.39 is 0 Å². The third-order valence-corrected chi connectivity index (χ3v) is 3.23. The first-order valence-electron chi connectivity index (χ1n) is 5.53. The fraction of sp³-hybridized carbons (Fsp3) is 0.286. The van der Waals surface area contributed by atoms with E-state index in [1.54, 1.807) is 6.26 Å². The molecule has 1 aromatic carbocycles. The van der Waals surface area contributed by atoms with Crippen LogP contribution in [0.3, 0.4) is 0 Å². The highest BCUT2D eigenvalue weighted by molar-refractivity contribution is 5.43. The molecule has 1 aliphatic rings. The van der Waals surface area contributed by atoms with Gasteiger partial charge in [0.05, 0.1) is 12.9 Å². The van der Waals surface area contributed by atoms with Crippen LogP contribution in [0, 0.1) is 0 Å². The smallest absolute Gasteiger partial charge is 0.123 e. The quantitative estimate of drug-likeness (QED) is 0.766. The van der Waals surface area contributed by atoms with Gasteiger partial charge in [-0.3, -0.25) is 0 Å². The van der Waals surface area contributed by atoms with Gasteiger partial charge in [-0.05, 0) is 18.2 Å². The van der Waals surface area contributed by atoms with E-state index in [0.717, 1.165) is 24.5 Å².